The molecule has 7 unspecified atom stereocenters. The zero-order valence-corrected chi connectivity index (χ0v) is 30.7. The fourth-order valence-electron chi connectivity index (χ4n) is 6.33. The quantitative estimate of drug-likeness (QED) is 0.0328. The number of allylic oxidation sites excluding steroid dienone is 1. The second-order valence-corrected chi connectivity index (χ2v) is 14.1. The molecule has 0 saturated carbocycles. The van der Waals surface area contributed by atoms with Crippen LogP contribution in [0.5, 0.6) is 0 Å². The molecule has 0 spiro atoms. The summed E-state index contributed by atoms with van der Waals surface area (Å²) < 4.78 is 11.1. The van der Waals surface area contributed by atoms with Crippen LogP contribution >= 0.6 is 0 Å². The molecule has 0 aromatic heterocycles. The number of nitrogens with one attached hydrogen (secondary N) is 1. The maximum absolute atomic E-state index is 12.9. The molecule has 1 amide bonds. The van der Waals surface area contributed by atoms with E-state index in [-0.39, 0.29) is 12.5 Å². The molecule has 1 aliphatic heterocycles. The first-order valence-corrected chi connectivity index (χ1v) is 19.9. The minimum Gasteiger partial charge on any atom is -0.394 e. The summed E-state index contributed by atoms with van der Waals surface area (Å²) in [7, 11) is 0. The van der Waals surface area contributed by atoms with Gasteiger partial charge in [0.15, 0.2) is 6.29 Å². The van der Waals surface area contributed by atoms with Gasteiger partial charge in [0.05, 0.1) is 25.4 Å². The summed E-state index contributed by atoms with van der Waals surface area (Å²) in [6.45, 7) is 3.74. The van der Waals surface area contributed by atoms with Gasteiger partial charge in [-0.2, -0.15) is 0 Å². The number of hydrogen-bond donors (Lipinski definition) is 6. The Morgan fingerprint density at radius 3 is 1.62 bits per heavy atom. The molecule has 0 aliphatic carbocycles. The van der Waals surface area contributed by atoms with Crippen LogP contribution in [0.15, 0.2) is 12.2 Å². The summed E-state index contributed by atoms with van der Waals surface area (Å²) in [6.07, 6.45) is 25.4. The van der Waals surface area contributed by atoms with E-state index in [9.17, 15) is 30.3 Å². The Hall–Kier alpha value is -1.07. The van der Waals surface area contributed by atoms with Crippen LogP contribution in [0.4, 0.5) is 0 Å². The van der Waals surface area contributed by atoms with E-state index in [0.717, 1.165) is 38.5 Å². The van der Waals surface area contributed by atoms with E-state index in [4.69, 9.17) is 9.47 Å². The summed E-state index contributed by atoms with van der Waals surface area (Å²) in [5.74, 6) is -0.178. The van der Waals surface area contributed by atoms with E-state index in [2.05, 4.69) is 19.2 Å². The maximum Gasteiger partial charge on any atom is 0.220 e. The van der Waals surface area contributed by atoms with Gasteiger partial charge in [-0.3, -0.25) is 4.79 Å². The lowest BCUT2D eigenvalue weighted by atomic mass is 9.99. The average Bonchev–Trinajstić information content (AvgIpc) is 3.08. The van der Waals surface area contributed by atoms with E-state index in [1.807, 2.05) is 6.08 Å². The molecule has 7 atom stereocenters. The Balaban J connectivity index is 2.41. The van der Waals surface area contributed by atoms with Gasteiger partial charge < -0.3 is 40.3 Å². The fourth-order valence-corrected chi connectivity index (χ4v) is 6.33. The van der Waals surface area contributed by atoms with Gasteiger partial charge in [-0.15, -0.1) is 0 Å². The van der Waals surface area contributed by atoms with Crippen LogP contribution in [0.3, 0.4) is 0 Å². The van der Waals surface area contributed by atoms with Crippen LogP contribution in [0.25, 0.3) is 0 Å². The van der Waals surface area contributed by atoms with Crippen molar-refractivity contribution in [2.45, 2.75) is 217 Å². The predicted molar refractivity (Wildman–Crippen MR) is 194 cm³/mol. The summed E-state index contributed by atoms with van der Waals surface area (Å²) >= 11 is 0. The monoisotopic (exact) mass is 686 g/mol. The van der Waals surface area contributed by atoms with Crippen molar-refractivity contribution in [3.05, 3.63) is 12.2 Å². The zero-order chi connectivity index (χ0) is 35.2. The molecule has 0 aromatic carbocycles. The Kier molecular flexibility index (Phi) is 28.8. The Bertz CT molecular complexity index is 766. The van der Waals surface area contributed by atoms with Gasteiger partial charge in [0.25, 0.3) is 0 Å². The zero-order valence-electron chi connectivity index (χ0n) is 30.7. The third-order valence-electron chi connectivity index (χ3n) is 9.61. The smallest absolute Gasteiger partial charge is 0.220 e. The number of rotatable bonds is 32. The van der Waals surface area contributed by atoms with Crippen LogP contribution in [-0.2, 0) is 14.3 Å². The molecular weight excluding hydrogens is 610 g/mol. The van der Waals surface area contributed by atoms with Crippen molar-refractivity contribution in [2.24, 2.45) is 0 Å². The summed E-state index contributed by atoms with van der Waals surface area (Å²) in [5, 5.41) is 53.8. The van der Waals surface area contributed by atoms with E-state index in [1.54, 1.807) is 6.08 Å². The van der Waals surface area contributed by atoms with Crippen molar-refractivity contribution >= 4 is 5.91 Å². The van der Waals surface area contributed by atoms with Crippen molar-refractivity contribution < 1.29 is 39.8 Å². The number of unbranched alkanes of at least 4 members (excludes halogenated alkanes) is 22. The van der Waals surface area contributed by atoms with E-state index >= 15 is 0 Å². The predicted octanol–water partition coefficient (Wildman–Crippen LogP) is 7.00. The van der Waals surface area contributed by atoms with Crippen LogP contribution in [0.1, 0.15) is 174 Å². The van der Waals surface area contributed by atoms with Gasteiger partial charge in [-0.05, 0) is 19.3 Å². The molecule has 9 nitrogen and oxygen atoms in total. The van der Waals surface area contributed by atoms with Gasteiger partial charge in [-0.25, -0.2) is 0 Å². The number of carbonyl (C=O) groups is 1. The number of aliphatic hydroxyl groups excluding tert-OH is 5. The number of hydrogen-bond acceptors (Lipinski definition) is 8. The molecule has 1 aliphatic rings. The van der Waals surface area contributed by atoms with Gasteiger partial charge in [0.1, 0.15) is 24.4 Å². The normalized spacial score (nSPS) is 22.7. The van der Waals surface area contributed by atoms with E-state index < -0.39 is 49.5 Å². The highest BCUT2D eigenvalue weighted by Gasteiger charge is 2.44. The Morgan fingerprint density at radius 2 is 1.15 bits per heavy atom. The first-order chi connectivity index (χ1) is 23.3. The molecule has 1 saturated heterocycles. The molecule has 0 bridgehead atoms. The molecule has 1 heterocycles. The van der Waals surface area contributed by atoms with Gasteiger partial charge in [0, 0.05) is 6.42 Å². The molecule has 6 N–H and O–H groups in total. The molecule has 284 valence electrons. The van der Waals surface area contributed by atoms with E-state index in [1.165, 1.54) is 116 Å². The first-order valence-electron chi connectivity index (χ1n) is 19.9. The minimum absolute atomic E-state index is 0.178. The van der Waals surface area contributed by atoms with Crippen molar-refractivity contribution in [3.8, 4) is 0 Å². The minimum atomic E-state index is -1.56. The number of amides is 1. The summed E-state index contributed by atoms with van der Waals surface area (Å²) in [6, 6.07) is -0.795. The molecule has 9 heteroatoms. The number of carbonyl (C=O) groups excluding carboxylic acids is 1. The van der Waals surface area contributed by atoms with E-state index in [0.29, 0.717) is 6.42 Å². The van der Waals surface area contributed by atoms with Gasteiger partial charge >= 0.3 is 0 Å². The largest absolute Gasteiger partial charge is 0.394 e. The summed E-state index contributed by atoms with van der Waals surface area (Å²) in [5.41, 5.74) is 0. The molecular formula is C39H75NO8. The second-order valence-electron chi connectivity index (χ2n) is 14.1. The maximum atomic E-state index is 12.9. The molecule has 0 aromatic rings. The van der Waals surface area contributed by atoms with Gasteiger partial charge in [-0.1, -0.05) is 161 Å². The van der Waals surface area contributed by atoms with Crippen molar-refractivity contribution in [1.82, 2.24) is 5.32 Å². The lowest BCUT2D eigenvalue weighted by Gasteiger charge is -2.40. The Labute approximate surface area is 293 Å². The van der Waals surface area contributed by atoms with Crippen molar-refractivity contribution in [2.75, 3.05) is 13.2 Å². The van der Waals surface area contributed by atoms with Crippen LogP contribution in [-0.4, -0.2) is 87.5 Å². The highest BCUT2D eigenvalue weighted by molar-refractivity contribution is 5.76. The van der Waals surface area contributed by atoms with Crippen molar-refractivity contribution in [3.63, 3.8) is 0 Å². The van der Waals surface area contributed by atoms with Crippen LogP contribution < -0.4 is 5.32 Å². The fraction of sp³-hybridized carbons (Fsp3) is 0.923. The highest BCUT2D eigenvalue weighted by atomic mass is 16.7. The molecule has 1 rings (SSSR count). The Morgan fingerprint density at radius 1 is 0.688 bits per heavy atom. The standard InChI is InChI=1S/C39H75NO8/c1-3-5-7-9-11-13-15-16-17-18-19-21-23-25-27-29-35(43)40-32(31-47-39-38(46)37(45)36(44)34(30-41)48-39)33(42)28-26-24-22-20-14-12-10-8-6-4-2/h26,28,32-34,36-39,41-42,44-46H,3-25,27,29-31H2,1-2H3,(H,40,43)/b28-26+. The van der Waals surface area contributed by atoms with Crippen molar-refractivity contribution in [1.29, 1.82) is 0 Å². The van der Waals surface area contributed by atoms with Gasteiger partial charge in [0.2, 0.25) is 5.91 Å². The SMILES string of the molecule is CCCCCCCCCC/C=C/C(O)C(COC1OC(CO)C(O)C(O)C1O)NC(=O)CCCCCCCCCCCCCCCCC. The topological polar surface area (TPSA) is 149 Å². The number of ether oxygens (including phenoxy) is 2. The highest BCUT2D eigenvalue weighted by Crippen LogP contribution is 2.22. The third-order valence-corrected chi connectivity index (χ3v) is 9.61. The summed E-state index contributed by atoms with van der Waals surface area (Å²) in [4.78, 5) is 12.9. The molecule has 0 radical (unpaired) electrons. The lowest BCUT2D eigenvalue weighted by Crippen LogP contribution is -2.60. The first kappa shape index (κ1) is 45.0. The molecule has 1 fully saturated rings. The number of aliphatic hydroxyl groups is 5. The lowest BCUT2D eigenvalue weighted by molar-refractivity contribution is -0.302. The average molecular weight is 686 g/mol. The van der Waals surface area contributed by atoms with Crippen LogP contribution in [0.2, 0.25) is 0 Å². The molecule has 48 heavy (non-hydrogen) atoms. The third kappa shape index (κ3) is 21.9. The second kappa shape index (κ2) is 30.7. The van der Waals surface area contributed by atoms with Crippen LogP contribution in [0, 0.1) is 0 Å².